The van der Waals surface area contributed by atoms with Crippen LogP contribution in [0.4, 0.5) is 4.39 Å². The minimum atomic E-state index is -1.42. The van der Waals surface area contributed by atoms with Gasteiger partial charge in [-0.1, -0.05) is 17.7 Å². The van der Waals surface area contributed by atoms with Crippen LogP contribution in [0.1, 0.15) is 28.5 Å². The molecule has 0 amide bonds. The molecule has 7 nitrogen and oxygen atoms in total. The van der Waals surface area contributed by atoms with E-state index < -0.39 is 22.8 Å². The number of hydrogen-bond acceptors (Lipinski definition) is 5. The SMILES string of the molecule is CCn1c(OCc2ncccc2F)cc(=O)c(C(=O)O)c1-c1ccc(C#N)c(Cl)c1. The largest absolute Gasteiger partial charge is 0.477 e. The number of nitriles is 1. The Balaban J connectivity index is 2.18. The number of nitrogens with zero attached hydrogens (tertiary/aromatic N) is 3. The summed E-state index contributed by atoms with van der Waals surface area (Å²) in [5.41, 5.74) is -0.600. The van der Waals surface area contributed by atoms with Crippen molar-refractivity contribution in [1.82, 2.24) is 9.55 Å². The molecule has 0 saturated heterocycles. The van der Waals surface area contributed by atoms with Crippen molar-refractivity contribution in [3.05, 3.63) is 80.5 Å². The first-order valence-electron chi connectivity index (χ1n) is 8.80. The maximum absolute atomic E-state index is 13.9. The van der Waals surface area contributed by atoms with E-state index in [0.29, 0.717) is 5.56 Å². The monoisotopic (exact) mass is 427 g/mol. The molecule has 0 atom stereocenters. The van der Waals surface area contributed by atoms with E-state index in [1.54, 1.807) is 6.92 Å². The highest BCUT2D eigenvalue weighted by Crippen LogP contribution is 2.30. The molecule has 3 aromatic rings. The fourth-order valence-electron chi connectivity index (χ4n) is 2.98. The van der Waals surface area contributed by atoms with Crippen LogP contribution in [0.15, 0.2) is 47.4 Å². The molecule has 0 aliphatic rings. The second kappa shape index (κ2) is 8.76. The van der Waals surface area contributed by atoms with Crippen LogP contribution in [-0.2, 0) is 13.2 Å². The summed E-state index contributed by atoms with van der Waals surface area (Å²) in [6.45, 7) is 1.72. The minimum Gasteiger partial charge on any atom is -0.477 e. The second-order valence-electron chi connectivity index (χ2n) is 6.15. The van der Waals surface area contributed by atoms with E-state index >= 15 is 0 Å². The molecule has 1 aromatic carbocycles. The van der Waals surface area contributed by atoms with Crippen LogP contribution in [0.3, 0.4) is 0 Å². The average Bonchev–Trinajstić information content (AvgIpc) is 2.72. The van der Waals surface area contributed by atoms with Gasteiger partial charge in [0.05, 0.1) is 16.3 Å². The Morgan fingerprint density at radius 3 is 2.73 bits per heavy atom. The maximum atomic E-state index is 13.9. The quantitative estimate of drug-likeness (QED) is 0.640. The van der Waals surface area contributed by atoms with Crippen LogP contribution < -0.4 is 10.2 Å². The highest BCUT2D eigenvalue weighted by molar-refractivity contribution is 6.32. The van der Waals surface area contributed by atoms with Gasteiger partial charge in [0.2, 0.25) is 5.43 Å². The minimum absolute atomic E-state index is 0.0397. The number of aromatic nitrogens is 2. The zero-order valence-corrected chi connectivity index (χ0v) is 16.5. The summed E-state index contributed by atoms with van der Waals surface area (Å²) in [6, 6.07) is 9.99. The molecule has 0 fully saturated rings. The van der Waals surface area contributed by atoms with Crippen molar-refractivity contribution in [2.24, 2.45) is 0 Å². The summed E-state index contributed by atoms with van der Waals surface area (Å²) in [5.74, 6) is -1.93. The van der Waals surface area contributed by atoms with E-state index in [9.17, 15) is 19.1 Å². The Labute approximate surface area is 175 Å². The number of aromatic carboxylic acids is 1. The first-order chi connectivity index (χ1) is 14.4. The molecule has 3 rings (SSSR count). The third-order valence-corrected chi connectivity index (χ3v) is 4.67. The fourth-order valence-corrected chi connectivity index (χ4v) is 3.21. The maximum Gasteiger partial charge on any atom is 0.341 e. The highest BCUT2D eigenvalue weighted by Gasteiger charge is 2.23. The molecular formula is C21H15ClFN3O4. The number of hydrogen-bond donors (Lipinski definition) is 1. The standard InChI is InChI=1S/C21H15ClFN3O4/c1-2-26-18(30-11-16-15(23)4-3-7-25-16)9-17(27)19(21(28)29)20(26)12-5-6-13(10-24)14(22)8-12/h3-9H,2,11H2,1H3,(H,28,29). The fraction of sp³-hybridized carbons (Fsp3) is 0.143. The molecule has 0 aliphatic heterocycles. The molecular weight excluding hydrogens is 413 g/mol. The summed E-state index contributed by atoms with van der Waals surface area (Å²) in [4.78, 5) is 28.3. The van der Waals surface area contributed by atoms with Crippen molar-refractivity contribution in [2.75, 3.05) is 0 Å². The first kappa shape index (κ1) is 21.0. The molecule has 0 spiro atoms. The van der Waals surface area contributed by atoms with E-state index in [1.165, 1.54) is 41.1 Å². The predicted octanol–water partition coefficient (Wildman–Crippen LogP) is 3.87. The van der Waals surface area contributed by atoms with Crippen molar-refractivity contribution in [3.63, 3.8) is 0 Å². The van der Waals surface area contributed by atoms with Gasteiger partial charge in [0.25, 0.3) is 0 Å². The number of carbonyl (C=O) groups is 1. The Morgan fingerprint density at radius 1 is 1.37 bits per heavy atom. The number of pyridine rings is 2. The molecule has 0 unspecified atom stereocenters. The summed E-state index contributed by atoms with van der Waals surface area (Å²) < 4.78 is 21.0. The summed E-state index contributed by atoms with van der Waals surface area (Å²) in [5, 5.41) is 18.8. The van der Waals surface area contributed by atoms with Crippen molar-refractivity contribution in [3.8, 4) is 23.2 Å². The lowest BCUT2D eigenvalue weighted by molar-refractivity contribution is 0.0695. The molecule has 0 bridgehead atoms. The lowest BCUT2D eigenvalue weighted by Gasteiger charge is -2.20. The Hall–Kier alpha value is -3.70. The lowest BCUT2D eigenvalue weighted by Crippen LogP contribution is -2.22. The Bertz CT molecular complexity index is 1230. The molecule has 9 heteroatoms. The number of halogens is 2. The van der Waals surface area contributed by atoms with E-state index in [-0.39, 0.29) is 41.0 Å². The first-order valence-corrected chi connectivity index (χ1v) is 9.18. The zero-order chi connectivity index (χ0) is 21.8. The Morgan fingerprint density at radius 2 is 2.13 bits per heavy atom. The highest BCUT2D eigenvalue weighted by atomic mass is 35.5. The van der Waals surface area contributed by atoms with Crippen LogP contribution >= 0.6 is 11.6 Å². The van der Waals surface area contributed by atoms with Crippen LogP contribution in [-0.4, -0.2) is 20.6 Å². The van der Waals surface area contributed by atoms with Crippen LogP contribution in [0.2, 0.25) is 5.02 Å². The normalized spacial score (nSPS) is 10.5. The van der Waals surface area contributed by atoms with Gasteiger partial charge in [0.1, 0.15) is 29.8 Å². The van der Waals surface area contributed by atoms with Gasteiger partial charge in [-0.05, 0) is 31.2 Å². The van der Waals surface area contributed by atoms with Crippen molar-refractivity contribution in [1.29, 1.82) is 5.26 Å². The van der Waals surface area contributed by atoms with Crippen LogP contribution in [0.25, 0.3) is 11.3 Å². The molecule has 152 valence electrons. The molecule has 2 heterocycles. The van der Waals surface area contributed by atoms with Gasteiger partial charge < -0.3 is 14.4 Å². The third-order valence-electron chi connectivity index (χ3n) is 4.36. The van der Waals surface area contributed by atoms with Gasteiger partial charge in [-0.15, -0.1) is 0 Å². The zero-order valence-electron chi connectivity index (χ0n) is 15.7. The molecule has 0 aliphatic carbocycles. The van der Waals surface area contributed by atoms with Crippen molar-refractivity contribution in [2.45, 2.75) is 20.1 Å². The van der Waals surface area contributed by atoms with E-state index in [4.69, 9.17) is 21.6 Å². The van der Waals surface area contributed by atoms with Crippen molar-refractivity contribution < 1.29 is 19.0 Å². The summed E-state index contributed by atoms with van der Waals surface area (Å²) >= 11 is 6.11. The van der Waals surface area contributed by atoms with Gasteiger partial charge in [0, 0.05) is 24.4 Å². The number of benzene rings is 1. The number of ether oxygens (including phenoxy) is 1. The summed E-state index contributed by atoms with van der Waals surface area (Å²) in [6.07, 6.45) is 1.41. The van der Waals surface area contributed by atoms with Gasteiger partial charge in [-0.3, -0.25) is 9.78 Å². The topological polar surface area (TPSA) is 105 Å². The van der Waals surface area contributed by atoms with Crippen LogP contribution in [0, 0.1) is 17.1 Å². The van der Waals surface area contributed by atoms with E-state index in [2.05, 4.69) is 4.98 Å². The molecule has 0 radical (unpaired) electrons. The number of carboxylic acids is 1. The molecule has 30 heavy (non-hydrogen) atoms. The van der Waals surface area contributed by atoms with Gasteiger partial charge in [0.15, 0.2) is 5.88 Å². The predicted molar refractivity (Wildman–Crippen MR) is 107 cm³/mol. The smallest absolute Gasteiger partial charge is 0.341 e. The number of rotatable bonds is 6. The van der Waals surface area contributed by atoms with Gasteiger partial charge >= 0.3 is 5.97 Å². The van der Waals surface area contributed by atoms with Crippen LogP contribution in [0.5, 0.6) is 5.88 Å². The lowest BCUT2D eigenvalue weighted by atomic mass is 10.0. The van der Waals surface area contributed by atoms with Gasteiger partial charge in [-0.25, -0.2) is 9.18 Å². The average molecular weight is 428 g/mol. The molecule has 1 N–H and O–H groups in total. The molecule has 0 saturated carbocycles. The van der Waals surface area contributed by atoms with Crippen molar-refractivity contribution >= 4 is 17.6 Å². The second-order valence-corrected chi connectivity index (χ2v) is 6.55. The van der Waals surface area contributed by atoms with E-state index in [0.717, 1.165) is 6.07 Å². The van der Waals surface area contributed by atoms with E-state index in [1.807, 2.05) is 6.07 Å². The van der Waals surface area contributed by atoms with Gasteiger partial charge in [-0.2, -0.15) is 5.26 Å². The Kier molecular flexibility index (Phi) is 6.14. The number of carboxylic acid groups (broad SMARTS) is 1. The molecule has 2 aromatic heterocycles. The third kappa shape index (κ3) is 4.02. The summed E-state index contributed by atoms with van der Waals surface area (Å²) in [7, 11) is 0.